The number of hydrogen-bond acceptors (Lipinski definition) is 6. The molecule has 13 rings (SSSR count). The molecule has 6 bridgehead atoms. The predicted molar refractivity (Wildman–Crippen MR) is 244 cm³/mol. The summed E-state index contributed by atoms with van der Waals surface area (Å²) in [6.45, 7) is 7.50. The highest BCUT2D eigenvalue weighted by atomic mass is 16.5. The van der Waals surface area contributed by atoms with Crippen molar-refractivity contribution in [3.8, 4) is 11.1 Å². The second-order valence-corrected chi connectivity index (χ2v) is 22.8. The zero-order valence-corrected chi connectivity index (χ0v) is 37.2. The summed E-state index contributed by atoms with van der Waals surface area (Å²) in [5.41, 5.74) is 2.50. The molecule has 62 heavy (non-hydrogen) atoms. The van der Waals surface area contributed by atoms with E-state index in [4.69, 9.17) is 4.74 Å². The van der Waals surface area contributed by atoms with Crippen molar-refractivity contribution in [1.82, 2.24) is 4.90 Å². The van der Waals surface area contributed by atoms with Gasteiger partial charge in [-0.05, 0) is 141 Å². The average Bonchev–Trinajstić information content (AvgIpc) is 3.52. The first-order chi connectivity index (χ1) is 29.9. The zero-order valence-electron chi connectivity index (χ0n) is 37.2. The molecule has 6 nitrogen and oxygen atoms in total. The van der Waals surface area contributed by atoms with Gasteiger partial charge in [0.15, 0.2) is 5.78 Å². The minimum absolute atomic E-state index is 0.0663. The quantitative estimate of drug-likeness (QED) is 0.117. The van der Waals surface area contributed by atoms with Crippen LogP contribution in [-0.2, 0) is 11.3 Å². The lowest BCUT2D eigenvalue weighted by molar-refractivity contribution is -0.179. The molecule has 2 spiro atoms. The number of fused-ring (bicyclic) bond motifs is 1. The summed E-state index contributed by atoms with van der Waals surface area (Å²) in [7, 11) is 0. The fraction of sp³-hybridized carbons (Fsp3) is 0.589. The number of allylic oxidation sites excluding steroid dienone is 4. The lowest BCUT2D eigenvalue weighted by atomic mass is 9.32. The van der Waals surface area contributed by atoms with Gasteiger partial charge in [-0.25, -0.2) is 0 Å². The molecule has 6 heteroatoms. The number of nitrogens with zero attached hydrogens (tertiary/aromatic N) is 1. The molecule has 10 aliphatic rings. The van der Waals surface area contributed by atoms with Crippen molar-refractivity contribution in [1.29, 1.82) is 0 Å². The lowest BCUT2D eigenvalue weighted by Gasteiger charge is -2.71. The van der Waals surface area contributed by atoms with Crippen LogP contribution in [-0.4, -0.2) is 70.1 Å². The second kappa shape index (κ2) is 15.1. The molecule has 9 atom stereocenters. The van der Waals surface area contributed by atoms with E-state index in [1.165, 1.54) is 38.5 Å². The Kier molecular flexibility index (Phi) is 10.1. The molecule has 3 aromatic carbocycles. The van der Waals surface area contributed by atoms with E-state index in [1.54, 1.807) is 0 Å². The maximum absolute atomic E-state index is 15.7. The SMILES string of the molecule is C[C@]12CC[C@H]3[C@]4(C=C[C@@]5(C=C4C(=O)c4ccccc4-c4ccccc4)CC(O)CC[C@]35C)[C@@H]1CC[C@@]2(O)CN(C[C@@H](O)COCc1ccccc1)CC12CC3CC(CC(C3)C1)C2. The van der Waals surface area contributed by atoms with E-state index in [-0.39, 0.29) is 40.5 Å². The number of rotatable bonds is 13. The molecule has 0 aliphatic heterocycles. The summed E-state index contributed by atoms with van der Waals surface area (Å²) in [6.07, 6.45) is 19.9. The van der Waals surface area contributed by atoms with Crippen molar-refractivity contribution in [3.05, 3.63) is 120 Å². The van der Waals surface area contributed by atoms with Crippen molar-refractivity contribution in [2.75, 3.05) is 26.2 Å². The fourth-order valence-electron chi connectivity index (χ4n) is 17.0. The van der Waals surface area contributed by atoms with Crippen molar-refractivity contribution in [2.24, 2.45) is 56.7 Å². The normalized spacial score (nSPS) is 41.4. The zero-order chi connectivity index (χ0) is 42.5. The van der Waals surface area contributed by atoms with Gasteiger partial charge < -0.3 is 20.1 Å². The topological polar surface area (TPSA) is 90.2 Å². The first-order valence-corrected chi connectivity index (χ1v) is 24.4. The molecule has 7 fully saturated rings. The van der Waals surface area contributed by atoms with Gasteiger partial charge in [-0.15, -0.1) is 0 Å². The Morgan fingerprint density at radius 3 is 2.11 bits per heavy atom. The van der Waals surface area contributed by atoms with Crippen molar-refractivity contribution in [2.45, 2.75) is 122 Å². The van der Waals surface area contributed by atoms with E-state index >= 15 is 4.79 Å². The number of aliphatic hydroxyl groups is 3. The van der Waals surface area contributed by atoms with E-state index in [1.807, 2.05) is 54.6 Å². The summed E-state index contributed by atoms with van der Waals surface area (Å²) in [6, 6.07) is 28.6. The highest BCUT2D eigenvalue weighted by Crippen LogP contribution is 2.78. The van der Waals surface area contributed by atoms with Gasteiger partial charge >= 0.3 is 0 Å². The summed E-state index contributed by atoms with van der Waals surface area (Å²) in [5, 5.41) is 36.7. The number of carbonyl (C=O) groups excluding carboxylic acids is 1. The van der Waals surface area contributed by atoms with Gasteiger partial charge in [0.05, 0.1) is 31.0 Å². The van der Waals surface area contributed by atoms with Gasteiger partial charge in [0.2, 0.25) is 0 Å². The lowest BCUT2D eigenvalue weighted by Crippen LogP contribution is -2.67. The molecule has 7 saturated carbocycles. The van der Waals surface area contributed by atoms with Crippen LogP contribution in [0.15, 0.2) is 109 Å². The van der Waals surface area contributed by atoms with Crippen LogP contribution in [0.4, 0.5) is 0 Å². The van der Waals surface area contributed by atoms with E-state index in [9.17, 15) is 15.3 Å². The van der Waals surface area contributed by atoms with Crippen LogP contribution in [0.25, 0.3) is 11.1 Å². The Morgan fingerprint density at radius 1 is 0.758 bits per heavy atom. The molecule has 0 amide bonds. The summed E-state index contributed by atoms with van der Waals surface area (Å²) in [4.78, 5) is 18.2. The third kappa shape index (κ3) is 6.38. The molecule has 0 aromatic heterocycles. The Hall–Kier alpha value is -3.39. The molecule has 0 saturated heterocycles. The maximum atomic E-state index is 15.7. The summed E-state index contributed by atoms with van der Waals surface area (Å²) >= 11 is 0. The molecular formula is C56H69NO5. The number of ether oxygens (including phenoxy) is 1. The fourth-order valence-corrected chi connectivity index (χ4v) is 17.0. The third-order valence-electron chi connectivity index (χ3n) is 19.3. The van der Waals surface area contributed by atoms with Gasteiger partial charge in [0, 0.05) is 47.0 Å². The Labute approximate surface area is 369 Å². The molecule has 0 radical (unpaired) electrons. The van der Waals surface area contributed by atoms with Gasteiger partial charge in [0.25, 0.3) is 0 Å². The van der Waals surface area contributed by atoms with Crippen molar-refractivity contribution < 1.29 is 24.9 Å². The van der Waals surface area contributed by atoms with Crippen LogP contribution in [0.2, 0.25) is 0 Å². The van der Waals surface area contributed by atoms with E-state index in [0.717, 1.165) is 84.2 Å². The van der Waals surface area contributed by atoms with Crippen LogP contribution in [0.1, 0.15) is 113 Å². The number of Topliss-reactive ketones (excluding diaryl/α,β-unsaturated/α-hetero) is 1. The second-order valence-electron chi connectivity index (χ2n) is 22.8. The highest BCUT2D eigenvalue weighted by Gasteiger charge is 2.74. The summed E-state index contributed by atoms with van der Waals surface area (Å²) < 4.78 is 6.13. The minimum Gasteiger partial charge on any atom is -0.393 e. The third-order valence-corrected chi connectivity index (χ3v) is 19.3. The average molecular weight is 836 g/mol. The summed E-state index contributed by atoms with van der Waals surface area (Å²) in [5.74, 6) is 2.86. The van der Waals surface area contributed by atoms with Gasteiger partial charge in [-0.1, -0.05) is 117 Å². The Bertz CT molecular complexity index is 2200. The van der Waals surface area contributed by atoms with Crippen LogP contribution >= 0.6 is 0 Å². The maximum Gasteiger partial charge on any atom is 0.190 e. The molecule has 328 valence electrons. The minimum atomic E-state index is -0.996. The van der Waals surface area contributed by atoms with E-state index in [2.05, 4.69) is 67.3 Å². The number of ketones is 1. The van der Waals surface area contributed by atoms with Gasteiger partial charge in [0.1, 0.15) is 0 Å². The number of hydrogen-bond donors (Lipinski definition) is 3. The monoisotopic (exact) mass is 836 g/mol. The van der Waals surface area contributed by atoms with E-state index in [0.29, 0.717) is 32.5 Å². The number of carbonyl (C=O) groups is 1. The van der Waals surface area contributed by atoms with Crippen molar-refractivity contribution in [3.63, 3.8) is 0 Å². The Morgan fingerprint density at radius 2 is 1.39 bits per heavy atom. The smallest absolute Gasteiger partial charge is 0.190 e. The van der Waals surface area contributed by atoms with Gasteiger partial charge in [-0.2, -0.15) is 0 Å². The predicted octanol–water partition coefficient (Wildman–Crippen LogP) is 10.2. The first kappa shape index (κ1) is 41.3. The molecular weight excluding hydrogens is 767 g/mol. The molecule has 1 unspecified atom stereocenters. The van der Waals surface area contributed by atoms with Gasteiger partial charge in [-0.3, -0.25) is 9.69 Å². The standard InChI is InChI=1S/C56H69NO5/c1-51-20-17-43(58)31-54(51)23-24-56(47(32-54)50(60)46-16-10-9-15-45(46)42-13-7-4-8-14-42)48(51)18-21-52(2)49(56)19-22-55(52,61)37-57(33-44(59)35-62-34-38-11-5-3-6-12-38)36-53-28-39-25-40(29-53)27-41(26-39)30-53/h3-16,23-24,32,39-41,43-44,48-49,58-59,61H,17-22,25-31,33-37H2,1-2H3/t39?,40?,41?,43?,44-,48-,49-,51-,52+,53?,54+,55-,56-/m1/s1. The van der Waals surface area contributed by atoms with Crippen LogP contribution in [0.3, 0.4) is 0 Å². The van der Waals surface area contributed by atoms with Crippen LogP contribution in [0.5, 0.6) is 0 Å². The van der Waals surface area contributed by atoms with Crippen LogP contribution < -0.4 is 0 Å². The number of aliphatic hydroxyl groups excluding tert-OH is 2. The first-order valence-electron chi connectivity index (χ1n) is 24.4. The molecule has 3 aromatic rings. The molecule has 10 aliphatic carbocycles. The largest absolute Gasteiger partial charge is 0.393 e. The number of benzene rings is 3. The highest BCUT2D eigenvalue weighted by molar-refractivity contribution is 6.14. The van der Waals surface area contributed by atoms with Crippen molar-refractivity contribution >= 4 is 5.78 Å². The Balaban J connectivity index is 0.941. The van der Waals surface area contributed by atoms with E-state index < -0.39 is 28.6 Å². The molecule has 0 heterocycles. The van der Waals surface area contributed by atoms with Crippen LogP contribution in [0, 0.1) is 56.7 Å². The molecule has 3 N–H and O–H groups in total.